The summed E-state index contributed by atoms with van der Waals surface area (Å²) in [6, 6.07) is 3.08. The topological polar surface area (TPSA) is 85.9 Å². The zero-order valence-corrected chi connectivity index (χ0v) is 16.0. The number of benzene rings is 1. The summed E-state index contributed by atoms with van der Waals surface area (Å²) in [7, 11) is 4.52. The molecule has 1 rings (SSSR count). The van der Waals surface area contributed by atoms with Gasteiger partial charge in [0.1, 0.15) is 16.9 Å². The summed E-state index contributed by atoms with van der Waals surface area (Å²) in [5.41, 5.74) is -0.903. The molecule has 140 valence electrons. The molecule has 0 radical (unpaired) electrons. The van der Waals surface area contributed by atoms with Gasteiger partial charge in [0.25, 0.3) is 0 Å². The number of amides is 2. The van der Waals surface area contributed by atoms with Crippen LogP contribution < -0.4 is 20.1 Å². The highest BCUT2D eigenvalue weighted by Crippen LogP contribution is 2.36. The fourth-order valence-corrected chi connectivity index (χ4v) is 2.21. The van der Waals surface area contributed by atoms with Crippen molar-refractivity contribution >= 4 is 29.1 Å². The minimum absolute atomic E-state index is 0.354. The van der Waals surface area contributed by atoms with Gasteiger partial charge in [0.15, 0.2) is 0 Å². The van der Waals surface area contributed by atoms with Crippen molar-refractivity contribution in [3.63, 3.8) is 0 Å². The molecule has 8 heteroatoms. The van der Waals surface area contributed by atoms with Gasteiger partial charge in [0.2, 0.25) is 11.8 Å². The average molecular weight is 373 g/mol. The second-order valence-corrected chi connectivity index (χ2v) is 6.28. The van der Waals surface area contributed by atoms with Crippen molar-refractivity contribution in [3.05, 3.63) is 17.2 Å². The molecule has 0 aliphatic rings. The first-order valence-electron chi connectivity index (χ1n) is 7.78. The van der Waals surface area contributed by atoms with E-state index in [1.54, 1.807) is 27.0 Å². The quantitative estimate of drug-likeness (QED) is 0.513. The number of carbonyl (C=O) groups excluding carboxylic acids is 2. The highest BCUT2D eigenvalue weighted by molar-refractivity contribution is 6.32. The first kappa shape index (κ1) is 21.1. The number of rotatable bonds is 9. The summed E-state index contributed by atoms with van der Waals surface area (Å²) >= 11 is 6.05. The number of nitrogens with one attached hydrogen (secondary N) is 2. The molecule has 0 aliphatic carbocycles. The van der Waals surface area contributed by atoms with Crippen molar-refractivity contribution in [2.75, 3.05) is 39.8 Å². The van der Waals surface area contributed by atoms with Crippen LogP contribution in [-0.2, 0) is 14.3 Å². The van der Waals surface area contributed by atoms with E-state index in [9.17, 15) is 9.59 Å². The van der Waals surface area contributed by atoms with Gasteiger partial charge in [0, 0.05) is 32.4 Å². The van der Waals surface area contributed by atoms with E-state index >= 15 is 0 Å². The maximum absolute atomic E-state index is 12.6. The molecule has 2 amide bonds. The Hall–Kier alpha value is -1.99. The molecule has 0 atom stereocenters. The standard InChI is InChI=1S/C17H25ClN2O5/c1-17(2,15(21)19-7-6-8-23-3)16(22)20-12-10-13(24-4)11(18)9-14(12)25-5/h9-10H,6-8H2,1-5H3,(H,19,21)(H,20,22). The summed E-state index contributed by atoms with van der Waals surface area (Å²) in [5.74, 6) is -0.0875. The fraction of sp³-hybridized carbons (Fsp3) is 0.529. The second-order valence-electron chi connectivity index (χ2n) is 5.87. The monoisotopic (exact) mass is 372 g/mol. The van der Waals surface area contributed by atoms with Crippen LogP contribution in [0.5, 0.6) is 11.5 Å². The fourth-order valence-electron chi connectivity index (χ4n) is 1.98. The van der Waals surface area contributed by atoms with Gasteiger partial charge in [0.05, 0.1) is 24.9 Å². The van der Waals surface area contributed by atoms with E-state index in [0.717, 1.165) is 0 Å². The Morgan fingerprint density at radius 2 is 1.72 bits per heavy atom. The minimum Gasteiger partial charge on any atom is -0.495 e. The third-order valence-electron chi connectivity index (χ3n) is 3.67. The van der Waals surface area contributed by atoms with Crippen LogP contribution in [0.3, 0.4) is 0 Å². The van der Waals surface area contributed by atoms with Crippen molar-refractivity contribution in [2.45, 2.75) is 20.3 Å². The third kappa shape index (κ3) is 5.51. The van der Waals surface area contributed by atoms with E-state index in [2.05, 4.69) is 10.6 Å². The molecular weight excluding hydrogens is 348 g/mol. The van der Waals surface area contributed by atoms with E-state index in [-0.39, 0.29) is 5.91 Å². The number of methoxy groups -OCH3 is 3. The van der Waals surface area contributed by atoms with Crippen LogP contribution >= 0.6 is 11.6 Å². The molecule has 0 aliphatic heterocycles. The number of carbonyl (C=O) groups is 2. The molecule has 2 N–H and O–H groups in total. The van der Waals surface area contributed by atoms with Crippen molar-refractivity contribution in [1.29, 1.82) is 0 Å². The van der Waals surface area contributed by atoms with E-state index < -0.39 is 11.3 Å². The normalized spacial score (nSPS) is 11.0. The summed E-state index contributed by atoms with van der Waals surface area (Å²) in [6.07, 6.45) is 0.669. The van der Waals surface area contributed by atoms with Crippen molar-refractivity contribution in [2.24, 2.45) is 5.41 Å². The molecule has 0 saturated carbocycles. The Kier molecular flexibility index (Phi) is 7.99. The average Bonchev–Trinajstić information content (AvgIpc) is 2.59. The Labute approximate surface area is 153 Å². The van der Waals surface area contributed by atoms with Crippen LogP contribution in [-0.4, -0.2) is 46.3 Å². The van der Waals surface area contributed by atoms with Gasteiger partial charge in [-0.05, 0) is 20.3 Å². The number of anilines is 1. The maximum atomic E-state index is 12.6. The van der Waals surface area contributed by atoms with E-state index in [4.69, 9.17) is 25.8 Å². The zero-order valence-electron chi connectivity index (χ0n) is 15.2. The molecule has 25 heavy (non-hydrogen) atoms. The molecule has 0 unspecified atom stereocenters. The molecule has 0 saturated heterocycles. The van der Waals surface area contributed by atoms with Crippen molar-refractivity contribution in [3.8, 4) is 11.5 Å². The highest BCUT2D eigenvalue weighted by Gasteiger charge is 2.36. The lowest BCUT2D eigenvalue weighted by molar-refractivity contribution is -0.138. The van der Waals surface area contributed by atoms with Gasteiger partial charge >= 0.3 is 0 Å². The smallest absolute Gasteiger partial charge is 0.239 e. The van der Waals surface area contributed by atoms with Gasteiger partial charge in [-0.15, -0.1) is 0 Å². The number of hydrogen-bond acceptors (Lipinski definition) is 5. The van der Waals surface area contributed by atoms with Gasteiger partial charge in [-0.1, -0.05) is 11.6 Å². The molecule has 0 fully saturated rings. The lowest BCUT2D eigenvalue weighted by atomic mass is 9.91. The van der Waals surface area contributed by atoms with Gasteiger partial charge in [-0.3, -0.25) is 9.59 Å². The van der Waals surface area contributed by atoms with Crippen LogP contribution in [0, 0.1) is 5.41 Å². The number of halogens is 1. The molecule has 1 aromatic rings. The van der Waals surface area contributed by atoms with Crippen LogP contribution in [0.15, 0.2) is 12.1 Å². The lowest BCUT2D eigenvalue weighted by Gasteiger charge is -2.23. The number of hydrogen-bond donors (Lipinski definition) is 2. The molecule has 1 aromatic carbocycles. The van der Waals surface area contributed by atoms with E-state index in [0.29, 0.717) is 41.8 Å². The first-order chi connectivity index (χ1) is 11.8. The van der Waals surface area contributed by atoms with Crippen LogP contribution in [0.4, 0.5) is 5.69 Å². The summed E-state index contributed by atoms with van der Waals surface area (Å²) < 4.78 is 15.3. The van der Waals surface area contributed by atoms with Gasteiger partial charge < -0.3 is 24.8 Å². The maximum Gasteiger partial charge on any atom is 0.239 e. The lowest BCUT2D eigenvalue weighted by Crippen LogP contribution is -2.45. The second kappa shape index (κ2) is 9.48. The molecule has 7 nitrogen and oxygen atoms in total. The predicted octanol–water partition coefficient (Wildman–Crippen LogP) is 2.47. The van der Waals surface area contributed by atoms with E-state index in [1.165, 1.54) is 20.3 Å². The Morgan fingerprint density at radius 3 is 2.28 bits per heavy atom. The van der Waals surface area contributed by atoms with Gasteiger partial charge in [-0.2, -0.15) is 0 Å². The molecule has 0 aromatic heterocycles. The Bertz CT molecular complexity index is 619. The molecule has 0 spiro atoms. The minimum atomic E-state index is -1.27. The van der Waals surface area contributed by atoms with Crippen LogP contribution in [0.2, 0.25) is 5.02 Å². The van der Waals surface area contributed by atoms with Crippen LogP contribution in [0.25, 0.3) is 0 Å². The third-order valence-corrected chi connectivity index (χ3v) is 3.96. The summed E-state index contributed by atoms with van der Waals surface area (Å²) in [4.78, 5) is 24.9. The summed E-state index contributed by atoms with van der Waals surface area (Å²) in [5, 5.41) is 5.78. The molecule has 0 heterocycles. The van der Waals surface area contributed by atoms with Crippen molar-refractivity contribution in [1.82, 2.24) is 5.32 Å². The predicted molar refractivity (Wildman–Crippen MR) is 96.5 cm³/mol. The van der Waals surface area contributed by atoms with E-state index in [1.807, 2.05) is 0 Å². The highest BCUT2D eigenvalue weighted by atomic mass is 35.5. The van der Waals surface area contributed by atoms with Crippen LogP contribution in [0.1, 0.15) is 20.3 Å². The zero-order chi connectivity index (χ0) is 19.0. The Morgan fingerprint density at radius 1 is 1.08 bits per heavy atom. The largest absolute Gasteiger partial charge is 0.495 e. The Balaban J connectivity index is 2.87. The number of ether oxygens (including phenoxy) is 3. The summed E-state index contributed by atoms with van der Waals surface area (Å²) in [6.45, 7) is 4.07. The molecular formula is C17H25ClN2O5. The van der Waals surface area contributed by atoms with Gasteiger partial charge in [-0.25, -0.2) is 0 Å². The first-order valence-corrected chi connectivity index (χ1v) is 8.16. The molecule has 0 bridgehead atoms. The van der Waals surface area contributed by atoms with Crippen molar-refractivity contribution < 1.29 is 23.8 Å². The SMILES string of the molecule is COCCCNC(=O)C(C)(C)C(=O)Nc1cc(OC)c(Cl)cc1OC.